The maximum Gasteiger partial charge on any atom is 0.157 e. The molecule has 82 valence electrons. The van der Waals surface area contributed by atoms with Gasteiger partial charge in [-0.2, -0.15) is 0 Å². The van der Waals surface area contributed by atoms with Gasteiger partial charge in [-0.1, -0.05) is 13.0 Å². The Labute approximate surface area is 93.3 Å². The summed E-state index contributed by atoms with van der Waals surface area (Å²) >= 11 is 0. The van der Waals surface area contributed by atoms with Gasteiger partial charge in [0.25, 0.3) is 0 Å². The number of benzene rings is 1. The first-order valence-corrected chi connectivity index (χ1v) is 5.37. The van der Waals surface area contributed by atoms with E-state index in [1.54, 1.807) is 0 Å². The zero-order valence-electron chi connectivity index (χ0n) is 9.07. The summed E-state index contributed by atoms with van der Waals surface area (Å²) in [5.41, 5.74) is 8.79. The summed E-state index contributed by atoms with van der Waals surface area (Å²) in [6.45, 7) is 2.77. The van der Waals surface area contributed by atoms with Gasteiger partial charge in [0, 0.05) is 6.42 Å². The fraction of sp³-hybridized carbons (Fsp3) is 0.273. The second-order valence-electron chi connectivity index (χ2n) is 3.82. The van der Waals surface area contributed by atoms with Crippen molar-refractivity contribution in [2.24, 2.45) is 0 Å². The van der Waals surface area contributed by atoms with E-state index in [0.29, 0.717) is 6.54 Å². The Kier molecular flexibility index (Phi) is 1.86. The lowest BCUT2D eigenvalue weighted by Gasteiger charge is -2.22. The molecule has 0 aliphatic carbocycles. The number of nitrogen functional groups attached to an aromatic ring is 1. The van der Waals surface area contributed by atoms with Crippen LogP contribution < -0.4 is 11.1 Å². The molecule has 1 aromatic carbocycles. The molecule has 0 unspecified atom stereocenters. The van der Waals surface area contributed by atoms with Gasteiger partial charge in [-0.25, -0.2) is 0 Å². The van der Waals surface area contributed by atoms with E-state index in [1.165, 1.54) is 0 Å². The predicted molar refractivity (Wildman–Crippen MR) is 62.5 cm³/mol. The van der Waals surface area contributed by atoms with Gasteiger partial charge in [0.05, 0.1) is 23.6 Å². The highest BCUT2D eigenvalue weighted by Crippen LogP contribution is 2.32. The van der Waals surface area contributed by atoms with Gasteiger partial charge < -0.3 is 11.1 Å². The van der Waals surface area contributed by atoms with Crippen LogP contribution in [0.5, 0.6) is 0 Å². The summed E-state index contributed by atoms with van der Waals surface area (Å²) in [6, 6.07) is 5.87. The number of aryl methyl sites for hydroxylation is 1. The Morgan fingerprint density at radius 2 is 2.31 bits per heavy atom. The van der Waals surface area contributed by atoms with E-state index in [4.69, 9.17) is 5.73 Å². The Morgan fingerprint density at radius 1 is 1.44 bits per heavy atom. The highest BCUT2D eigenvalue weighted by molar-refractivity contribution is 5.75. The number of nitrogens with zero attached hydrogens (tertiary/aromatic N) is 3. The van der Waals surface area contributed by atoms with Crippen molar-refractivity contribution in [1.82, 2.24) is 14.8 Å². The first-order chi connectivity index (χ1) is 7.81. The van der Waals surface area contributed by atoms with Crippen LogP contribution in [0.4, 0.5) is 11.4 Å². The Balaban J connectivity index is 2.32. The quantitative estimate of drug-likeness (QED) is 0.704. The lowest BCUT2D eigenvalue weighted by Crippen LogP contribution is -2.18. The van der Waals surface area contributed by atoms with Crippen LogP contribution in [0.25, 0.3) is 5.69 Å². The molecule has 2 aromatic rings. The van der Waals surface area contributed by atoms with Crippen molar-refractivity contribution in [2.75, 3.05) is 11.1 Å². The van der Waals surface area contributed by atoms with E-state index >= 15 is 0 Å². The van der Waals surface area contributed by atoms with Crippen molar-refractivity contribution >= 4 is 11.4 Å². The van der Waals surface area contributed by atoms with Crippen molar-refractivity contribution in [1.29, 1.82) is 0 Å². The van der Waals surface area contributed by atoms with E-state index in [9.17, 15) is 0 Å². The standard InChI is InChI=1S/C11H13N5/c1-2-9-14-15-10-6-13-8-5-3-4-7(12)11(8)16(9)10/h3-5,13H,2,6,12H2,1H3. The largest absolute Gasteiger partial charge is 0.397 e. The smallest absolute Gasteiger partial charge is 0.157 e. The highest BCUT2D eigenvalue weighted by atomic mass is 15.3. The van der Waals surface area contributed by atoms with Gasteiger partial charge in [0.2, 0.25) is 0 Å². The summed E-state index contributed by atoms with van der Waals surface area (Å²) in [5, 5.41) is 11.6. The average Bonchev–Trinajstić information content (AvgIpc) is 2.72. The maximum absolute atomic E-state index is 6.02. The van der Waals surface area contributed by atoms with E-state index in [0.717, 1.165) is 35.1 Å². The fourth-order valence-corrected chi connectivity index (χ4v) is 2.08. The molecule has 1 aliphatic heterocycles. The number of nitrogens with one attached hydrogen (secondary N) is 1. The topological polar surface area (TPSA) is 68.8 Å². The molecule has 0 spiro atoms. The molecule has 0 atom stereocenters. The number of fused-ring (bicyclic) bond motifs is 3. The molecule has 0 fully saturated rings. The monoisotopic (exact) mass is 215 g/mol. The van der Waals surface area contributed by atoms with Crippen LogP contribution >= 0.6 is 0 Å². The predicted octanol–water partition coefficient (Wildman–Crippen LogP) is 1.34. The molecule has 0 bridgehead atoms. The first-order valence-electron chi connectivity index (χ1n) is 5.37. The number of aromatic nitrogens is 3. The molecule has 0 saturated carbocycles. The molecule has 0 saturated heterocycles. The zero-order chi connectivity index (χ0) is 11.1. The second-order valence-corrected chi connectivity index (χ2v) is 3.82. The van der Waals surface area contributed by atoms with Gasteiger partial charge in [-0.15, -0.1) is 10.2 Å². The third-order valence-electron chi connectivity index (χ3n) is 2.84. The molecule has 0 amide bonds. The highest BCUT2D eigenvalue weighted by Gasteiger charge is 2.21. The van der Waals surface area contributed by atoms with Crippen molar-refractivity contribution in [3.05, 3.63) is 29.8 Å². The SMILES string of the molecule is CCc1nnc2n1-c1c(N)cccc1NC2. The number of anilines is 2. The third kappa shape index (κ3) is 1.11. The maximum atomic E-state index is 6.02. The van der Waals surface area contributed by atoms with Crippen LogP contribution in [-0.2, 0) is 13.0 Å². The van der Waals surface area contributed by atoms with Crippen LogP contribution in [0.3, 0.4) is 0 Å². The zero-order valence-corrected chi connectivity index (χ0v) is 9.07. The van der Waals surface area contributed by atoms with E-state index in [1.807, 2.05) is 18.2 Å². The first kappa shape index (κ1) is 9.21. The van der Waals surface area contributed by atoms with Gasteiger partial charge in [-0.05, 0) is 12.1 Å². The number of para-hydroxylation sites is 1. The molecular formula is C11H13N5. The van der Waals surface area contributed by atoms with Crippen LogP contribution in [-0.4, -0.2) is 14.8 Å². The summed E-state index contributed by atoms with van der Waals surface area (Å²) in [6.07, 6.45) is 0.848. The van der Waals surface area contributed by atoms with Gasteiger partial charge in [0.15, 0.2) is 5.82 Å². The van der Waals surface area contributed by atoms with Gasteiger partial charge in [-0.3, -0.25) is 4.57 Å². The molecular weight excluding hydrogens is 202 g/mol. The summed E-state index contributed by atoms with van der Waals surface area (Å²) in [7, 11) is 0. The van der Waals surface area contributed by atoms with Crippen LogP contribution in [0.2, 0.25) is 0 Å². The molecule has 5 nitrogen and oxygen atoms in total. The minimum absolute atomic E-state index is 0.698. The molecule has 2 heterocycles. The molecule has 3 rings (SSSR count). The molecule has 1 aromatic heterocycles. The van der Waals surface area contributed by atoms with Crippen molar-refractivity contribution in [3.63, 3.8) is 0 Å². The van der Waals surface area contributed by atoms with Crippen molar-refractivity contribution < 1.29 is 0 Å². The Bertz CT molecular complexity index is 530. The van der Waals surface area contributed by atoms with Crippen molar-refractivity contribution in [2.45, 2.75) is 19.9 Å². The minimum Gasteiger partial charge on any atom is -0.397 e. The number of rotatable bonds is 1. The fourth-order valence-electron chi connectivity index (χ4n) is 2.08. The van der Waals surface area contributed by atoms with E-state index < -0.39 is 0 Å². The van der Waals surface area contributed by atoms with E-state index in [2.05, 4.69) is 27.0 Å². The number of hydrogen-bond donors (Lipinski definition) is 2. The van der Waals surface area contributed by atoms with Crippen molar-refractivity contribution in [3.8, 4) is 5.69 Å². The lowest BCUT2D eigenvalue weighted by molar-refractivity contribution is 0.827. The lowest BCUT2D eigenvalue weighted by atomic mass is 10.2. The summed E-state index contributed by atoms with van der Waals surface area (Å²) in [5.74, 6) is 1.87. The molecule has 16 heavy (non-hydrogen) atoms. The summed E-state index contributed by atoms with van der Waals surface area (Å²) < 4.78 is 2.06. The van der Waals surface area contributed by atoms with Crippen LogP contribution in [0.15, 0.2) is 18.2 Å². The van der Waals surface area contributed by atoms with Gasteiger partial charge >= 0.3 is 0 Å². The molecule has 5 heteroatoms. The Morgan fingerprint density at radius 3 is 3.12 bits per heavy atom. The van der Waals surface area contributed by atoms with Crippen LogP contribution in [0, 0.1) is 0 Å². The minimum atomic E-state index is 0.698. The number of hydrogen-bond acceptors (Lipinski definition) is 4. The molecule has 0 radical (unpaired) electrons. The normalized spacial score (nSPS) is 12.8. The molecule has 1 aliphatic rings. The second kappa shape index (κ2) is 3.23. The van der Waals surface area contributed by atoms with E-state index in [-0.39, 0.29) is 0 Å². The summed E-state index contributed by atoms with van der Waals surface area (Å²) in [4.78, 5) is 0. The van der Waals surface area contributed by atoms with Crippen LogP contribution in [0.1, 0.15) is 18.6 Å². The third-order valence-corrected chi connectivity index (χ3v) is 2.84. The Hall–Kier alpha value is -2.04. The van der Waals surface area contributed by atoms with Gasteiger partial charge in [0.1, 0.15) is 5.82 Å². The molecule has 3 N–H and O–H groups in total. The average molecular weight is 215 g/mol. The number of nitrogens with two attached hydrogens (primary N) is 1.